The van der Waals surface area contributed by atoms with Gasteiger partial charge >= 0.3 is 0 Å². The highest BCUT2D eigenvalue weighted by Crippen LogP contribution is 2.21. The summed E-state index contributed by atoms with van der Waals surface area (Å²) in [4.78, 5) is 14.1. The van der Waals surface area contributed by atoms with E-state index in [9.17, 15) is 4.79 Å². The van der Waals surface area contributed by atoms with Crippen molar-refractivity contribution in [2.24, 2.45) is 0 Å². The monoisotopic (exact) mass is 295 g/mol. The van der Waals surface area contributed by atoms with Crippen molar-refractivity contribution in [1.29, 1.82) is 0 Å². The lowest BCUT2D eigenvalue weighted by Gasteiger charge is -2.16. The summed E-state index contributed by atoms with van der Waals surface area (Å²) in [7, 11) is 3.34. The molecule has 0 aliphatic rings. The van der Waals surface area contributed by atoms with Crippen LogP contribution in [0.1, 0.15) is 16.1 Å². The van der Waals surface area contributed by atoms with E-state index in [0.717, 1.165) is 16.7 Å². The quantitative estimate of drug-likeness (QED) is 0.737. The van der Waals surface area contributed by atoms with Crippen molar-refractivity contribution >= 4 is 16.9 Å². The molecule has 112 valence electrons. The second kappa shape index (κ2) is 5.93. The van der Waals surface area contributed by atoms with E-state index in [4.69, 9.17) is 9.15 Å². The molecule has 0 N–H and O–H groups in total. The van der Waals surface area contributed by atoms with E-state index >= 15 is 0 Å². The van der Waals surface area contributed by atoms with Gasteiger partial charge in [0.2, 0.25) is 0 Å². The summed E-state index contributed by atoms with van der Waals surface area (Å²) in [6, 6.07) is 16.9. The van der Waals surface area contributed by atoms with Crippen molar-refractivity contribution < 1.29 is 13.9 Å². The van der Waals surface area contributed by atoms with Crippen molar-refractivity contribution in [2.45, 2.75) is 6.54 Å². The maximum Gasteiger partial charge on any atom is 0.254 e. The number of hydrogen-bond acceptors (Lipinski definition) is 3. The number of para-hydroxylation sites is 1. The van der Waals surface area contributed by atoms with E-state index < -0.39 is 0 Å². The molecule has 4 heteroatoms. The summed E-state index contributed by atoms with van der Waals surface area (Å²) in [5.41, 5.74) is 1.43. The van der Waals surface area contributed by atoms with Gasteiger partial charge in [-0.15, -0.1) is 0 Å². The Hall–Kier alpha value is -2.75. The molecule has 0 aliphatic heterocycles. The number of fused-ring (bicyclic) bond motifs is 1. The molecule has 4 nitrogen and oxygen atoms in total. The van der Waals surface area contributed by atoms with Crippen LogP contribution < -0.4 is 4.74 Å². The van der Waals surface area contributed by atoms with E-state index in [2.05, 4.69) is 0 Å². The third kappa shape index (κ3) is 2.81. The Bertz CT molecular complexity index is 774. The lowest BCUT2D eigenvalue weighted by molar-refractivity contribution is 0.0776. The highest BCUT2D eigenvalue weighted by molar-refractivity contribution is 5.94. The number of rotatable bonds is 4. The molecule has 22 heavy (non-hydrogen) atoms. The van der Waals surface area contributed by atoms with Gasteiger partial charge in [0.25, 0.3) is 5.91 Å². The van der Waals surface area contributed by atoms with Crippen molar-refractivity contribution in [1.82, 2.24) is 4.90 Å². The van der Waals surface area contributed by atoms with Gasteiger partial charge in [-0.05, 0) is 30.3 Å². The van der Waals surface area contributed by atoms with E-state index in [1.165, 1.54) is 0 Å². The highest BCUT2D eigenvalue weighted by atomic mass is 16.5. The molecule has 1 aromatic heterocycles. The molecular weight excluding hydrogens is 278 g/mol. The van der Waals surface area contributed by atoms with Gasteiger partial charge in [0.1, 0.15) is 17.1 Å². The molecule has 3 aromatic rings. The largest absolute Gasteiger partial charge is 0.497 e. The molecular formula is C18H17NO3. The van der Waals surface area contributed by atoms with Gasteiger partial charge in [-0.3, -0.25) is 4.79 Å². The molecule has 0 saturated heterocycles. The Balaban J connectivity index is 1.78. The molecule has 0 spiro atoms. The molecule has 3 rings (SSSR count). The van der Waals surface area contributed by atoms with Gasteiger partial charge in [-0.25, -0.2) is 0 Å². The number of benzene rings is 2. The molecule has 0 radical (unpaired) electrons. The second-order valence-electron chi connectivity index (χ2n) is 5.14. The molecule has 1 heterocycles. The number of carbonyl (C=O) groups excluding carboxylic acids is 1. The highest BCUT2D eigenvalue weighted by Gasteiger charge is 2.14. The number of hydrogen-bond donors (Lipinski definition) is 0. The SMILES string of the molecule is COc1cccc(C(=O)N(C)Cc2cc3ccccc3o2)c1. The Labute approximate surface area is 128 Å². The van der Waals surface area contributed by atoms with Gasteiger partial charge in [0.15, 0.2) is 0 Å². The van der Waals surface area contributed by atoms with E-state index in [-0.39, 0.29) is 5.91 Å². The lowest BCUT2D eigenvalue weighted by Crippen LogP contribution is -2.25. The minimum Gasteiger partial charge on any atom is -0.497 e. The molecule has 0 saturated carbocycles. The third-order valence-electron chi connectivity index (χ3n) is 3.53. The van der Waals surface area contributed by atoms with Crippen molar-refractivity contribution in [3.05, 3.63) is 65.9 Å². The Morgan fingerprint density at radius 1 is 1.14 bits per heavy atom. The fourth-order valence-corrected chi connectivity index (χ4v) is 2.40. The average molecular weight is 295 g/mol. The zero-order valence-electron chi connectivity index (χ0n) is 12.6. The van der Waals surface area contributed by atoms with Gasteiger partial charge in [-0.1, -0.05) is 24.3 Å². The van der Waals surface area contributed by atoms with Gasteiger partial charge in [0.05, 0.1) is 13.7 Å². The molecule has 0 fully saturated rings. The minimum absolute atomic E-state index is 0.0700. The van der Waals surface area contributed by atoms with Crippen LogP contribution in [-0.4, -0.2) is 25.0 Å². The molecule has 1 amide bonds. The maximum absolute atomic E-state index is 12.5. The van der Waals surface area contributed by atoms with Crippen molar-refractivity contribution in [3.8, 4) is 5.75 Å². The average Bonchev–Trinajstić information content (AvgIpc) is 2.96. The molecule has 0 bridgehead atoms. The van der Waals surface area contributed by atoms with Crippen LogP contribution in [0.5, 0.6) is 5.75 Å². The number of amides is 1. The summed E-state index contributed by atoms with van der Waals surface area (Å²) in [6.45, 7) is 0.421. The predicted octanol–water partition coefficient (Wildman–Crippen LogP) is 3.71. The van der Waals surface area contributed by atoms with Crippen LogP contribution in [0, 0.1) is 0 Å². The Morgan fingerprint density at radius 2 is 1.95 bits per heavy atom. The van der Waals surface area contributed by atoms with Crippen LogP contribution in [0.3, 0.4) is 0 Å². The first-order valence-corrected chi connectivity index (χ1v) is 7.04. The number of ether oxygens (including phenoxy) is 1. The maximum atomic E-state index is 12.5. The number of carbonyl (C=O) groups is 1. The van der Waals surface area contributed by atoms with Gasteiger partial charge in [-0.2, -0.15) is 0 Å². The zero-order chi connectivity index (χ0) is 15.5. The first kappa shape index (κ1) is 14.2. The van der Waals surface area contributed by atoms with Crippen LogP contribution in [0.25, 0.3) is 11.0 Å². The lowest BCUT2D eigenvalue weighted by atomic mass is 10.2. The normalized spacial score (nSPS) is 10.6. The fraction of sp³-hybridized carbons (Fsp3) is 0.167. The van der Waals surface area contributed by atoms with Crippen LogP contribution in [0.15, 0.2) is 59.0 Å². The van der Waals surface area contributed by atoms with Crippen LogP contribution in [-0.2, 0) is 6.54 Å². The molecule has 0 aliphatic carbocycles. The topological polar surface area (TPSA) is 42.7 Å². The summed E-state index contributed by atoms with van der Waals surface area (Å²) in [5.74, 6) is 1.36. The number of furan rings is 1. The number of methoxy groups -OCH3 is 1. The second-order valence-corrected chi connectivity index (χ2v) is 5.14. The first-order chi connectivity index (χ1) is 10.7. The Morgan fingerprint density at radius 3 is 2.73 bits per heavy atom. The first-order valence-electron chi connectivity index (χ1n) is 7.04. The fourth-order valence-electron chi connectivity index (χ4n) is 2.40. The molecule has 0 unspecified atom stereocenters. The zero-order valence-corrected chi connectivity index (χ0v) is 12.6. The van der Waals surface area contributed by atoms with Crippen LogP contribution >= 0.6 is 0 Å². The summed E-state index contributed by atoms with van der Waals surface area (Å²) < 4.78 is 10.9. The van der Waals surface area contributed by atoms with Crippen molar-refractivity contribution in [2.75, 3.05) is 14.2 Å². The van der Waals surface area contributed by atoms with Crippen molar-refractivity contribution in [3.63, 3.8) is 0 Å². The predicted molar refractivity (Wildman–Crippen MR) is 85.0 cm³/mol. The summed E-state index contributed by atoms with van der Waals surface area (Å²) in [6.07, 6.45) is 0. The Kier molecular flexibility index (Phi) is 3.83. The van der Waals surface area contributed by atoms with E-state index in [1.54, 1.807) is 37.3 Å². The minimum atomic E-state index is -0.0700. The number of nitrogens with zero attached hydrogens (tertiary/aromatic N) is 1. The smallest absolute Gasteiger partial charge is 0.254 e. The summed E-state index contributed by atoms with van der Waals surface area (Å²) >= 11 is 0. The third-order valence-corrected chi connectivity index (χ3v) is 3.53. The molecule has 2 aromatic carbocycles. The van der Waals surface area contributed by atoms with E-state index in [0.29, 0.717) is 17.9 Å². The standard InChI is InChI=1S/C18H17NO3/c1-19(18(20)14-7-5-8-15(11-14)21-2)12-16-10-13-6-3-4-9-17(13)22-16/h3-11H,12H2,1-2H3. The summed E-state index contributed by atoms with van der Waals surface area (Å²) in [5, 5.41) is 1.04. The van der Waals surface area contributed by atoms with Gasteiger partial charge in [0, 0.05) is 18.0 Å². The van der Waals surface area contributed by atoms with E-state index in [1.807, 2.05) is 36.4 Å². The van der Waals surface area contributed by atoms with Crippen LogP contribution in [0.4, 0.5) is 0 Å². The van der Waals surface area contributed by atoms with Crippen LogP contribution in [0.2, 0.25) is 0 Å². The van der Waals surface area contributed by atoms with Gasteiger partial charge < -0.3 is 14.1 Å². The molecule has 0 atom stereocenters.